The molecule has 0 spiro atoms. The topological polar surface area (TPSA) is 97.5 Å². The molecule has 0 saturated carbocycles. The highest BCUT2D eigenvalue weighted by Crippen LogP contribution is 2.24. The highest BCUT2D eigenvalue weighted by Gasteiger charge is 2.26. The monoisotopic (exact) mass is 431 g/mol. The first-order valence-corrected chi connectivity index (χ1v) is 12.0. The fraction of sp³-hybridized carbons (Fsp3) is 0.368. The van der Waals surface area contributed by atoms with Crippen molar-refractivity contribution in [2.24, 2.45) is 0 Å². The summed E-state index contributed by atoms with van der Waals surface area (Å²) in [6.45, 7) is 4.35. The van der Waals surface area contributed by atoms with Crippen LogP contribution < -0.4 is 0 Å². The zero-order valence-corrected chi connectivity index (χ0v) is 17.8. The minimum atomic E-state index is -3.03. The summed E-state index contributed by atoms with van der Waals surface area (Å²) in [5, 5.41) is 5.09. The van der Waals surface area contributed by atoms with Crippen molar-refractivity contribution in [1.82, 2.24) is 24.5 Å². The number of nitrogens with zero attached hydrogens (tertiary/aromatic N) is 5. The molecular weight excluding hydrogens is 410 g/mol. The highest BCUT2D eigenvalue weighted by molar-refractivity contribution is 7.98. The van der Waals surface area contributed by atoms with E-state index in [1.165, 1.54) is 11.8 Å². The molecule has 4 rings (SSSR count). The number of hydrogen-bond acceptors (Lipinski definition) is 7. The quantitative estimate of drug-likeness (QED) is 0.582. The maximum atomic E-state index is 12.9. The minimum Gasteiger partial charge on any atom is -0.337 e. The average molecular weight is 432 g/mol. The molecular formula is C19H21N5O3S2. The molecule has 0 unspecified atom stereocenters. The van der Waals surface area contributed by atoms with Crippen LogP contribution in [-0.4, -0.2) is 63.4 Å². The second kappa shape index (κ2) is 7.75. The van der Waals surface area contributed by atoms with Gasteiger partial charge in [0.05, 0.1) is 11.5 Å². The third-order valence-electron chi connectivity index (χ3n) is 4.84. The van der Waals surface area contributed by atoms with Gasteiger partial charge in [0, 0.05) is 35.8 Å². The fourth-order valence-corrected chi connectivity index (χ4v) is 5.32. The molecule has 0 bridgehead atoms. The lowest BCUT2D eigenvalue weighted by Crippen LogP contribution is -2.44. The summed E-state index contributed by atoms with van der Waals surface area (Å²) < 4.78 is 25.0. The molecule has 1 aromatic carbocycles. The number of thioether (sulfide) groups is 1. The maximum absolute atomic E-state index is 12.9. The molecule has 0 aliphatic carbocycles. The van der Waals surface area contributed by atoms with Crippen molar-refractivity contribution in [2.75, 3.05) is 24.6 Å². The number of sulfone groups is 1. The Morgan fingerprint density at radius 2 is 1.86 bits per heavy atom. The van der Waals surface area contributed by atoms with E-state index in [9.17, 15) is 13.2 Å². The summed E-state index contributed by atoms with van der Waals surface area (Å²) in [6, 6.07) is 9.35. The van der Waals surface area contributed by atoms with E-state index in [4.69, 9.17) is 0 Å². The van der Waals surface area contributed by atoms with E-state index >= 15 is 0 Å². The summed E-state index contributed by atoms with van der Waals surface area (Å²) in [4.78, 5) is 23.4. The van der Waals surface area contributed by atoms with Crippen LogP contribution in [0.1, 0.15) is 27.3 Å². The molecule has 1 aliphatic heterocycles. The van der Waals surface area contributed by atoms with Gasteiger partial charge in [-0.3, -0.25) is 4.79 Å². The first-order valence-electron chi connectivity index (χ1n) is 9.24. The van der Waals surface area contributed by atoms with E-state index in [2.05, 4.69) is 15.1 Å². The van der Waals surface area contributed by atoms with Gasteiger partial charge in [0.2, 0.25) is 5.16 Å². The van der Waals surface area contributed by atoms with E-state index in [1.807, 2.05) is 38.1 Å². The van der Waals surface area contributed by atoms with E-state index in [-0.39, 0.29) is 30.5 Å². The van der Waals surface area contributed by atoms with Crippen molar-refractivity contribution >= 4 is 33.3 Å². The molecule has 10 heteroatoms. The van der Waals surface area contributed by atoms with Gasteiger partial charge in [-0.15, -0.1) is 5.10 Å². The predicted octanol–water partition coefficient (Wildman–Crippen LogP) is 1.90. The van der Waals surface area contributed by atoms with Crippen molar-refractivity contribution in [1.29, 1.82) is 0 Å². The number of hydrogen-bond donors (Lipinski definition) is 0. The van der Waals surface area contributed by atoms with E-state index in [0.717, 1.165) is 17.0 Å². The number of fused-ring (bicyclic) bond motifs is 1. The van der Waals surface area contributed by atoms with Crippen molar-refractivity contribution in [3.05, 3.63) is 52.8 Å². The van der Waals surface area contributed by atoms with E-state index < -0.39 is 9.84 Å². The molecule has 3 aromatic rings. The van der Waals surface area contributed by atoms with E-state index in [0.29, 0.717) is 22.3 Å². The molecule has 29 heavy (non-hydrogen) atoms. The summed E-state index contributed by atoms with van der Waals surface area (Å²) in [6.07, 6.45) is 0. The summed E-state index contributed by atoms with van der Waals surface area (Å²) in [5.41, 5.74) is 3.31. The van der Waals surface area contributed by atoms with Crippen LogP contribution in [0, 0.1) is 13.8 Å². The Hall–Kier alpha value is -2.46. The van der Waals surface area contributed by atoms with Crippen LogP contribution in [0.15, 0.2) is 35.5 Å². The third-order valence-corrected chi connectivity index (χ3v) is 7.33. The Balaban J connectivity index is 1.52. The normalized spacial score (nSPS) is 16.3. The zero-order valence-electron chi connectivity index (χ0n) is 16.2. The van der Waals surface area contributed by atoms with Crippen molar-refractivity contribution < 1.29 is 13.2 Å². The smallest absolute Gasteiger partial charge is 0.254 e. The number of aryl methyl sites for hydroxylation is 2. The second-order valence-corrected chi connectivity index (χ2v) is 10.3. The SMILES string of the molecule is Cc1cc(C)n2nc(SCc3ccccc3C(=O)N3CCS(=O)(=O)CC3)nc2n1. The first-order chi connectivity index (χ1) is 13.8. The average Bonchev–Trinajstić information content (AvgIpc) is 3.09. The van der Waals surface area contributed by atoms with Crippen LogP contribution in [-0.2, 0) is 15.6 Å². The third kappa shape index (κ3) is 4.27. The predicted molar refractivity (Wildman–Crippen MR) is 111 cm³/mol. The van der Waals surface area contributed by atoms with Crippen LogP contribution in [0.4, 0.5) is 0 Å². The Morgan fingerprint density at radius 1 is 1.14 bits per heavy atom. The van der Waals surface area contributed by atoms with E-state index in [1.54, 1.807) is 15.5 Å². The molecule has 2 aromatic heterocycles. The Kier molecular flexibility index (Phi) is 5.30. The Bertz CT molecular complexity index is 1180. The molecule has 1 aliphatic rings. The maximum Gasteiger partial charge on any atom is 0.254 e. The first kappa shape index (κ1) is 19.8. The van der Waals surface area contributed by atoms with Crippen molar-refractivity contribution in [2.45, 2.75) is 24.8 Å². The van der Waals surface area contributed by atoms with Gasteiger partial charge in [-0.05, 0) is 31.5 Å². The standard InChI is InChI=1S/C19H21N5O3S2/c1-13-11-14(2)24-18(20-13)21-19(22-24)28-12-15-5-3-4-6-16(15)17(25)23-7-9-29(26,27)10-8-23/h3-6,11H,7-10,12H2,1-2H3. The molecule has 1 amide bonds. The number of carbonyl (C=O) groups is 1. The lowest BCUT2D eigenvalue weighted by atomic mass is 10.1. The lowest BCUT2D eigenvalue weighted by Gasteiger charge is -2.27. The Morgan fingerprint density at radius 3 is 2.62 bits per heavy atom. The number of aromatic nitrogens is 4. The van der Waals surface area contributed by atoms with Crippen LogP contribution in [0.2, 0.25) is 0 Å². The largest absolute Gasteiger partial charge is 0.337 e. The molecule has 0 N–H and O–H groups in total. The van der Waals surface area contributed by atoms with Gasteiger partial charge in [-0.25, -0.2) is 17.9 Å². The minimum absolute atomic E-state index is 0.0204. The summed E-state index contributed by atoms with van der Waals surface area (Å²) in [7, 11) is -3.03. The van der Waals surface area contributed by atoms with Gasteiger partial charge >= 0.3 is 0 Å². The number of amides is 1. The molecule has 1 fully saturated rings. The van der Waals surface area contributed by atoms with Gasteiger partial charge in [-0.1, -0.05) is 30.0 Å². The van der Waals surface area contributed by atoms with Gasteiger partial charge in [0.1, 0.15) is 0 Å². The highest BCUT2D eigenvalue weighted by atomic mass is 32.2. The number of benzene rings is 1. The van der Waals surface area contributed by atoms with Crippen LogP contribution in [0.5, 0.6) is 0 Å². The molecule has 3 heterocycles. The molecule has 1 saturated heterocycles. The van der Waals surface area contributed by atoms with Crippen molar-refractivity contribution in [3.8, 4) is 0 Å². The number of carbonyl (C=O) groups excluding carboxylic acids is 1. The molecule has 152 valence electrons. The van der Waals surface area contributed by atoms with Gasteiger partial charge in [0.25, 0.3) is 11.7 Å². The van der Waals surface area contributed by atoms with Gasteiger partial charge in [-0.2, -0.15) is 4.98 Å². The Labute approximate surface area is 173 Å². The molecule has 0 radical (unpaired) electrons. The van der Waals surface area contributed by atoms with Gasteiger partial charge in [0.15, 0.2) is 9.84 Å². The van der Waals surface area contributed by atoms with Crippen LogP contribution in [0.3, 0.4) is 0 Å². The fourth-order valence-electron chi connectivity index (χ4n) is 3.29. The van der Waals surface area contributed by atoms with Gasteiger partial charge < -0.3 is 4.90 Å². The van der Waals surface area contributed by atoms with Crippen molar-refractivity contribution in [3.63, 3.8) is 0 Å². The number of rotatable bonds is 4. The van der Waals surface area contributed by atoms with Crippen LogP contribution in [0.25, 0.3) is 5.78 Å². The van der Waals surface area contributed by atoms with Crippen LogP contribution >= 0.6 is 11.8 Å². The summed E-state index contributed by atoms with van der Waals surface area (Å²) >= 11 is 1.44. The second-order valence-electron chi connectivity index (χ2n) is 7.03. The molecule has 0 atom stereocenters. The summed E-state index contributed by atoms with van der Waals surface area (Å²) in [5.74, 6) is 0.999. The zero-order chi connectivity index (χ0) is 20.6. The molecule has 8 nitrogen and oxygen atoms in total. The lowest BCUT2D eigenvalue weighted by molar-refractivity contribution is 0.0769.